The second-order valence-electron chi connectivity index (χ2n) is 6.79. The second kappa shape index (κ2) is 11.0. The van der Waals surface area contributed by atoms with Crippen LogP contribution in [0, 0.1) is 12.3 Å². The minimum Gasteiger partial charge on any atom is -0.490 e. The number of terminal acetylenes is 1. The fraction of sp³-hybridized carbons (Fsp3) is 0.333. The summed E-state index contributed by atoms with van der Waals surface area (Å²) in [7, 11) is 1.64. The highest BCUT2D eigenvalue weighted by molar-refractivity contribution is 5.93. The molecule has 0 radical (unpaired) electrons. The number of rotatable bonds is 11. The first-order valence-corrected chi connectivity index (χ1v) is 10.1. The molecule has 0 atom stereocenters. The van der Waals surface area contributed by atoms with Gasteiger partial charge in [-0.05, 0) is 30.7 Å². The van der Waals surface area contributed by atoms with Crippen molar-refractivity contribution in [3.8, 4) is 23.8 Å². The van der Waals surface area contributed by atoms with Crippen molar-refractivity contribution in [1.82, 2.24) is 9.97 Å². The maximum absolute atomic E-state index is 6.00. The third kappa shape index (κ3) is 5.62. The molecule has 0 saturated carbocycles. The zero-order valence-electron chi connectivity index (χ0n) is 17.5. The highest BCUT2D eigenvalue weighted by Crippen LogP contribution is 2.35. The predicted octanol–water partition coefficient (Wildman–Crippen LogP) is 4.95. The summed E-state index contributed by atoms with van der Waals surface area (Å²) in [4.78, 5) is 8.83. The summed E-state index contributed by atoms with van der Waals surface area (Å²) in [5, 5.41) is 4.16. The SMILES string of the molecule is C#Cc1cccc(Nc2ncnc3cc(OCCCCC)c(OCCOC)cc23)c1. The largest absolute Gasteiger partial charge is 0.490 e. The van der Waals surface area contributed by atoms with E-state index in [1.807, 2.05) is 36.4 Å². The average Bonchev–Trinajstić information content (AvgIpc) is 2.77. The topological polar surface area (TPSA) is 65.5 Å². The number of methoxy groups -OCH3 is 1. The Morgan fingerprint density at radius 2 is 1.83 bits per heavy atom. The minimum absolute atomic E-state index is 0.425. The number of ether oxygens (including phenoxy) is 3. The fourth-order valence-electron chi connectivity index (χ4n) is 2.98. The Morgan fingerprint density at radius 3 is 2.63 bits per heavy atom. The van der Waals surface area contributed by atoms with Crippen molar-refractivity contribution in [2.24, 2.45) is 0 Å². The van der Waals surface area contributed by atoms with E-state index in [1.54, 1.807) is 7.11 Å². The Hall–Kier alpha value is -3.30. The van der Waals surface area contributed by atoms with Gasteiger partial charge in [0.2, 0.25) is 0 Å². The number of nitrogens with one attached hydrogen (secondary N) is 1. The lowest BCUT2D eigenvalue weighted by molar-refractivity contribution is 0.143. The molecule has 0 aliphatic rings. The van der Waals surface area contributed by atoms with Gasteiger partial charge in [0.05, 0.1) is 18.7 Å². The Kier molecular flexibility index (Phi) is 7.87. The van der Waals surface area contributed by atoms with Crippen molar-refractivity contribution in [3.63, 3.8) is 0 Å². The zero-order valence-corrected chi connectivity index (χ0v) is 17.5. The van der Waals surface area contributed by atoms with E-state index in [0.717, 1.165) is 41.4 Å². The van der Waals surface area contributed by atoms with E-state index in [0.29, 0.717) is 37.1 Å². The number of hydrogen-bond acceptors (Lipinski definition) is 6. The Morgan fingerprint density at radius 1 is 1.00 bits per heavy atom. The molecule has 1 heterocycles. The van der Waals surface area contributed by atoms with E-state index < -0.39 is 0 Å². The van der Waals surface area contributed by atoms with Crippen LogP contribution in [-0.2, 0) is 4.74 Å². The van der Waals surface area contributed by atoms with Crippen molar-refractivity contribution in [2.75, 3.05) is 32.2 Å². The molecule has 156 valence electrons. The monoisotopic (exact) mass is 405 g/mol. The average molecular weight is 405 g/mol. The van der Waals surface area contributed by atoms with Gasteiger partial charge in [0.25, 0.3) is 0 Å². The maximum atomic E-state index is 6.00. The van der Waals surface area contributed by atoms with E-state index in [1.165, 1.54) is 6.33 Å². The summed E-state index contributed by atoms with van der Waals surface area (Å²) in [5.41, 5.74) is 2.42. The molecule has 30 heavy (non-hydrogen) atoms. The number of fused-ring (bicyclic) bond motifs is 1. The van der Waals surface area contributed by atoms with Crippen molar-refractivity contribution < 1.29 is 14.2 Å². The zero-order chi connectivity index (χ0) is 21.2. The second-order valence-corrected chi connectivity index (χ2v) is 6.79. The highest BCUT2D eigenvalue weighted by atomic mass is 16.5. The molecule has 2 aromatic carbocycles. The lowest BCUT2D eigenvalue weighted by Crippen LogP contribution is -2.07. The van der Waals surface area contributed by atoms with Gasteiger partial charge in [0, 0.05) is 29.8 Å². The lowest BCUT2D eigenvalue weighted by Gasteiger charge is -2.15. The number of benzene rings is 2. The lowest BCUT2D eigenvalue weighted by atomic mass is 10.2. The van der Waals surface area contributed by atoms with Crippen LogP contribution < -0.4 is 14.8 Å². The van der Waals surface area contributed by atoms with Crippen LogP contribution in [-0.4, -0.2) is 36.9 Å². The van der Waals surface area contributed by atoms with E-state index in [2.05, 4.69) is 28.1 Å². The molecule has 0 fully saturated rings. The maximum Gasteiger partial charge on any atom is 0.163 e. The van der Waals surface area contributed by atoms with Crippen LogP contribution in [0.1, 0.15) is 31.7 Å². The van der Waals surface area contributed by atoms with Gasteiger partial charge in [0.15, 0.2) is 11.5 Å². The Bertz CT molecular complexity index is 1010. The smallest absolute Gasteiger partial charge is 0.163 e. The third-order valence-corrected chi connectivity index (χ3v) is 4.54. The molecule has 0 aliphatic heterocycles. The molecule has 0 bridgehead atoms. The van der Waals surface area contributed by atoms with Crippen LogP contribution in [0.3, 0.4) is 0 Å². The third-order valence-electron chi connectivity index (χ3n) is 4.54. The van der Waals surface area contributed by atoms with E-state index in [9.17, 15) is 0 Å². The summed E-state index contributed by atoms with van der Waals surface area (Å²) < 4.78 is 17.0. The molecule has 1 N–H and O–H groups in total. The number of aromatic nitrogens is 2. The van der Waals surface area contributed by atoms with Crippen LogP contribution in [0.4, 0.5) is 11.5 Å². The van der Waals surface area contributed by atoms with Crippen LogP contribution in [0.15, 0.2) is 42.7 Å². The van der Waals surface area contributed by atoms with Gasteiger partial charge >= 0.3 is 0 Å². The van der Waals surface area contributed by atoms with Crippen LogP contribution in [0.5, 0.6) is 11.5 Å². The van der Waals surface area contributed by atoms with Crippen LogP contribution >= 0.6 is 0 Å². The standard InChI is InChI=1S/C24H27N3O3/c1-4-6-7-11-29-23-16-21-20(15-22(23)30-13-12-28-3)24(26-17-25-21)27-19-10-8-9-18(5-2)14-19/h2,8-10,14-17H,4,6-7,11-13H2,1,3H3,(H,25,26,27). The molecule has 1 aromatic heterocycles. The molecule has 3 rings (SSSR count). The van der Waals surface area contributed by atoms with Crippen molar-refractivity contribution in [2.45, 2.75) is 26.2 Å². The molecule has 0 amide bonds. The summed E-state index contributed by atoms with van der Waals surface area (Å²) in [6.45, 7) is 3.71. The Labute approximate surface area is 177 Å². The highest BCUT2D eigenvalue weighted by Gasteiger charge is 2.13. The number of unbranched alkanes of at least 4 members (excludes halogenated alkanes) is 2. The molecule has 0 unspecified atom stereocenters. The van der Waals surface area contributed by atoms with Gasteiger partial charge in [-0.25, -0.2) is 9.97 Å². The van der Waals surface area contributed by atoms with Gasteiger partial charge in [-0.3, -0.25) is 0 Å². The summed E-state index contributed by atoms with van der Waals surface area (Å²) in [5.74, 6) is 4.63. The molecular formula is C24H27N3O3. The van der Waals surface area contributed by atoms with Gasteiger partial charge in [0.1, 0.15) is 18.8 Å². The molecule has 0 aliphatic carbocycles. The first-order valence-electron chi connectivity index (χ1n) is 10.1. The molecular weight excluding hydrogens is 378 g/mol. The number of hydrogen-bond donors (Lipinski definition) is 1. The summed E-state index contributed by atoms with van der Waals surface area (Å²) >= 11 is 0. The summed E-state index contributed by atoms with van der Waals surface area (Å²) in [6, 6.07) is 11.4. The molecule has 3 aromatic rings. The number of nitrogens with zero attached hydrogens (tertiary/aromatic N) is 2. The summed E-state index contributed by atoms with van der Waals surface area (Å²) in [6.07, 6.45) is 10.3. The molecule has 6 heteroatoms. The minimum atomic E-state index is 0.425. The molecule has 6 nitrogen and oxygen atoms in total. The van der Waals surface area contributed by atoms with E-state index in [4.69, 9.17) is 20.6 Å². The van der Waals surface area contributed by atoms with Gasteiger partial charge in [-0.15, -0.1) is 6.42 Å². The first kappa shape index (κ1) is 21.4. The van der Waals surface area contributed by atoms with E-state index >= 15 is 0 Å². The van der Waals surface area contributed by atoms with Gasteiger partial charge < -0.3 is 19.5 Å². The van der Waals surface area contributed by atoms with E-state index in [-0.39, 0.29) is 0 Å². The normalized spacial score (nSPS) is 10.6. The molecule has 0 spiro atoms. The number of anilines is 2. The van der Waals surface area contributed by atoms with Crippen LogP contribution in [0.2, 0.25) is 0 Å². The van der Waals surface area contributed by atoms with Crippen molar-refractivity contribution in [1.29, 1.82) is 0 Å². The molecule has 0 saturated heterocycles. The quantitative estimate of drug-likeness (QED) is 0.360. The predicted molar refractivity (Wildman–Crippen MR) is 120 cm³/mol. The van der Waals surface area contributed by atoms with Crippen molar-refractivity contribution >= 4 is 22.4 Å². The van der Waals surface area contributed by atoms with Gasteiger partial charge in [-0.1, -0.05) is 31.8 Å². The van der Waals surface area contributed by atoms with Crippen molar-refractivity contribution in [3.05, 3.63) is 48.3 Å². The van der Waals surface area contributed by atoms with Crippen LogP contribution in [0.25, 0.3) is 10.9 Å². The van der Waals surface area contributed by atoms with Gasteiger partial charge in [-0.2, -0.15) is 0 Å². The first-order chi connectivity index (χ1) is 14.7. The fourth-order valence-corrected chi connectivity index (χ4v) is 2.98. The Balaban J connectivity index is 1.92.